The minimum absolute atomic E-state index is 0.626. The average molecular weight is 246 g/mol. The van der Waals surface area contributed by atoms with Crippen molar-refractivity contribution < 1.29 is 0 Å². The second kappa shape index (κ2) is 5.85. The Kier molecular flexibility index (Phi) is 4.41. The highest BCUT2D eigenvalue weighted by atomic mass is 15.1. The van der Waals surface area contributed by atoms with Crippen LogP contribution in [0, 0.1) is 5.92 Å². The van der Waals surface area contributed by atoms with E-state index in [1.165, 1.54) is 5.56 Å². The molecule has 0 aromatic heterocycles. The van der Waals surface area contributed by atoms with E-state index in [9.17, 15) is 0 Å². The molecule has 1 aromatic rings. The van der Waals surface area contributed by atoms with Gasteiger partial charge in [-0.05, 0) is 31.0 Å². The smallest absolute Gasteiger partial charge is 0.0208 e. The van der Waals surface area contributed by atoms with Gasteiger partial charge in [-0.2, -0.15) is 0 Å². The van der Waals surface area contributed by atoms with E-state index >= 15 is 0 Å². The van der Waals surface area contributed by atoms with E-state index in [1.54, 1.807) is 5.56 Å². The molecule has 18 heavy (non-hydrogen) atoms. The van der Waals surface area contributed by atoms with Crippen LogP contribution in [0.4, 0.5) is 0 Å². The lowest BCUT2D eigenvalue weighted by atomic mass is 9.90. The summed E-state index contributed by atoms with van der Waals surface area (Å²) in [6.07, 6.45) is 0. The van der Waals surface area contributed by atoms with Crippen LogP contribution in [-0.4, -0.2) is 31.1 Å². The molecule has 0 radical (unpaired) electrons. The van der Waals surface area contributed by atoms with E-state index in [0.29, 0.717) is 17.9 Å². The highest BCUT2D eigenvalue weighted by Gasteiger charge is 2.23. The number of fused-ring (bicyclic) bond motifs is 1. The van der Waals surface area contributed by atoms with Crippen molar-refractivity contribution in [3.63, 3.8) is 0 Å². The first-order valence-corrected chi connectivity index (χ1v) is 7.08. The molecular formula is C16H26N2. The van der Waals surface area contributed by atoms with E-state index in [2.05, 4.69) is 62.3 Å². The molecule has 1 N–H and O–H groups in total. The molecule has 2 nitrogen and oxygen atoms in total. The van der Waals surface area contributed by atoms with Gasteiger partial charge in [-0.15, -0.1) is 0 Å². The lowest BCUT2D eigenvalue weighted by Gasteiger charge is -2.34. The second-order valence-electron chi connectivity index (χ2n) is 5.95. The maximum absolute atomic E-state index is 3.54. The first-order chi connectivity index (χ1) is 8.59. The Labute approximate surface area is 111 Å². The number of rotatable bonds is 4. The standard InChI is InChI=1S/C16H26N2/c1-12(2)13(3)18(4)11-15-10-17-9-14-7-5-6-8-16(14)15/h5-8,12-13,15,17H,9-11H2,1-4H3. The molecule has 0 saturated carbocycles. The number of hydrogen-bond acceptors (Lipinski definition) is 2. The Hall–Kier alpha value is -0.860. The summed E-state index contributed by atoms with van der Waals surface area (Å²) in [7, 11) is 2.25. The quantitative estimate of drug-likeness (QED) is 0.879. The van der Waals surface area contributed by atoms with Gasteiger partial charge in [-0.25, -0.2) is 0 Å². The van der Waals surface area contributed by atoms with Crippen LogP contribution in [0.2, 0.25) is 0 Å². The van der Waals surface area contributed by atoms with Gasteiger partial charge >= 0.3 is 0 Å². The van der Waals surface area contributed by atoms with Gasteiger partial charge in [0.25, 0.3) is 0 Å². The fourth-order valence-electron chi connectivity index (χ4n) is 2.77. The summed E-state index contributed by atoms with van der Waals surface area (Å²) in [4.78, 5) is 2.50. The molecule has 0 saturated heterocycles. The van der Waals surface area contributed by atoms with Crippen LogP contribution >= 0.6 is 0 Å². The Morgan fingerprint density at radius 3 is 2.72 bits per heavy atom. The molecule has 1 aliphatic rings. The Morgan fingerprint density at radius 1 is 1.28 bits per heavy atom. The zero-order valence-corrected chi connectivity index (χ0v) is 12.1. The van der Waals surface area contributed by atoms with Crippen molar-refractivity contribution in [3.8, 4) is 0 Å². The fraction of sp³-hybridized carbons (Fsp3) is 0.625. The minimum Gasteiger partial charge on any atom is -0.312 e. The molecule has 1 aromatic carbocycles. The molecule has 1 heterocycles. The van der Waals surface area contributed by atoms with Crippen LogP contribution in [0.1, 0.15) is 37.8 Å². The molecule has 2 rings (SSSR count). The summed E-state index contributed by atoms with van der Waals surface area (Å²) < 4.78 is 0. The summed E-state index contributed by atoms with van der Waals surface area (Å²) in [5.41, 5.74) is 3.01. The van der Waals surface area contributed by atoms with Gasteiger partial charge in [0, 0.05) is 31.6 Å². The molecule has 0 fully saturated rings. The molecule has 1 aliphatic heterocycles. The molecule has 2 heteroatoms. The van der Waals surface area contributed by atoms with Gasteiger partial charge in [0.15, 0.2) is 0 Å². The first kappa shape index (κ1) is 13.6. The van der Waals surface area contributed by atoms with Crippen LogP contribution < -0.4 is 5.32 Å². The molecule has 0 bridgehead atoms. The Morgan fingerprint density at radius 2 is 2.00 bits per heavy atom. The highest BCUT2D eigenvalue weighted by Crippen LogP contribution is 2.25. The van der Waals surface area contributed by atoms with Crippen molar-refractivity contribution in [2.45, 2.75) is 39.3 Å². The van der Waals surface area contributed by atoms with Crippen LogP contribution in [0.3, 0.4) is 0 Å². The Bertz CT molecular complexity index is 386. The van der Waals surface area contributed by atoms with Gasteiger partial charge in [-0.3, -0.25) is 0 Å². The lowest BCUT2D eigenvalue weighted by Crippen LogP contribution is -2.40. The van der Waals surface area contributed by atoms with Gasteiger partial charge in [-0.1, -0.05) is 38.1 Å². The zero-order valence-electron chi connectivity index (χ0n) is 12.1. The largest absolute Gasteiger partial charge is 0.312 e. The van der Waals surface area contributed by atoms with Crippen molar-refractivity contribution >= 4 is 0 Å². The summed E-state index contributed by atoms with van der Waals surface area (Å²) in [5, 5.41) is 3.54. The highest BCUT2D eigenvalue weighted by molar-refractivity contribution is 5.32. The third kappa shape index (κ3) is 2.93. The topological polar surface area (TPSA) is 15.3 Å². The maximum atomic E-state index is 3.54. The molecule has 2 atom stereocenters. The van der Waals surface area contributed by atoms with Crippen LogP contribution in [-0.2, 0) is 6.54 Å². The molecule has 0 aliphatic carbocycles. The third-order valence-corrected chi connectivity index (χ3v) is 4.37. The summed E-state index contributed by atoms with van der Waals surface area (Å²) >= 11 is 0. The van der Waals surface area contributed by atoms with Gasteiger partial charge in [0.1, 0.15) is 0 Å². The third-order valence-electron chi connectivity index (χ3n) is 4.37. The maximum Gasteiger partial charge on any atom is 0.0208 e. The first-order valence-electron chi connectivity index (χ1n) is 7.08. The summed E-state index contributed by atoms with van der Waals surface area (Å²) in [5.74, 6) is 1.34. The van der Waals surface area contributed by atoms with Crippen molar-refractivity contribution in [1.82, 2.24) is 10.2 Å². The molecule has 2 unspecified atom stereocenters. The zero-order chi connectivity index (χ0) is 13.1. The monoisotopic (exact) mass is 246 g/mol. The molecule has 0 amide bonds. The van der Waals surface area contributed by atoms with Gasteiger partial charge in [0.2, 0.25) is 0 Å². The van der Waals surface area contributed by atoms with Gasteiger partial charge < -0.3 is 10.2 Å². The van der Waals surface area contributed by atoms with Crippen molar-refractivity contribution in [1.29, 1.82) is 0 Å². The SMILES string of the molecule is CC(C)C(C)N(C)CC1CNCc2ccccc21. The molecule has 100 valence electrons. The van der Waals surface area contributed by atoms with Crippen molar-refractivity contribution in [3.05, 3.63) is 35.4 Å². The molecule has 0 spiro atoms. The summed E-state index contributed by atoms with van der Waals surface area (Å²) in [6.45, 7) is 10.2. The summed E-state index contributed by atoms with van der Waals surface area (Å²) in [6, 6.07) is 9.50. The number of nitrogens with one attached hydrogen (secondary N) is 1. The van der Waals surface area contributed by atoms with E-state index in [-0.39, 0.29) is 0 Å². The van der Waals surface area contributed by atoms with Crippen LogP contribution in [0.5, 0.6) is 0 Å². The molecular weight excluding hydrogens is 220 g/mol. The van der Waals surface area contributed by atoms with Crippen molar-refractivity contribution in [2.75, 3.05) is 20.1 Å². The number of benzene rings is 1. The lowest BCUT2D eigenvalue weighted by molar-refractivity contribution is 0.193. The number of likely N-dealkylation sites (N-methyl/N-ethyl adjacent to an activating group) is 1. The fourth-order valence-corrected chi connectivity index (χ4v) is 2.77. The van der Waals surface area contributed by atoms with Crippen molar-refractivity contribution in [2.24, 2.45) is 5.92 Å². The minimum atomic E-state index is 0.626. The van der Waals surface area contributed by atoms with E-state index in [4.69, 9.17) is 0 Å². The van der Waals surface area contributed by atoms with E-state index in [0.717, 1.165) is 19.6 Å². The number of hydrogen-bond donors (Lipinski definition) is 1. The second-order valence-corrected chi connectivity index (χ2v) is 5.95. The van der Waals surface area contributed by atoms with E-state index < -0.39 is 0 Å². The normalized spacial score (nSPS) is 21.1. The van der Waals surface area contributed by atoms with Gasteiger partial charge in [0.05, 0.1) is 0 Å². The average Bonchev–Trinajstić information content (AvgIpc) is 2.38. The van der Waals surface area contributed by atoms with Crippen LogP contribution in [0.25, 0.3) is 0 Å². The van der Waals surface area contributed by atoms with Crippen LogP contribution in [0.15, 0.2) is 24.3 Å². The predicted octanol–water partition coefficient (Wildman–Crippen LogP) is 2.85. The van der Waals surface area contributed by atoms with E-state index in [1.807, 2.05) is 0 Å². The number of nitrogens with zero attached hydrogens (tertiary/aromatic N) is 1. The predicted molar refractivity (Wildman–Crippen MR) is 77.8 cm³/mol. The Balaban J connectivity index is 2.07.